The van der Waals surface area contributed by atoms with Gasteiger partial charge in [0.15, 0.2) is 6.10 Å². The number of rotatable bonds is 68. The number of hydrogen-bond acceptors (Lipinski definition) is 7. The van der Waals surface area contributed by atoms with Gasteiger partial charge in [0.1, 0.15) is 13.2 Å². The van der Waals surface area contributed by atoms with Gasteiger partial charge in [-0.05, 0) is 122 Å². The topological polar surface area (TPSA) is 108 Å². The molecule has 2 unspecified atom stereocenters. The number of unbranched alkanes of at least 4 members (excludes halogenated alkanes) is 27. The van der Waals surface area contributed by atoms with Gasteiger partial charge in [-0.25, -0.2) is 4.79 Å². The van der Waals surface area contributed by atoms with Crippen molar-refractivity contribution in [1.29, 1.82) is 0 Å². The third-order valence-electron chi connectivity index (χ3n) is 15.8. The van der Waals surface area contributed by atoms with Crippen LogP contribution in [0.25, 0.3) is 0 Å². The first-order chi connectivity index (χ1) is 45.6. The molecular weight excluding hydrogens is 1150 g/mol. The monoisotopic (exact) mass is 1290 g/mol. The molecule has 0 amide bonds. The van der Waals surface area contributed by atoms with E-state index in [1.165, 1.54) is 148 Å². The van der Waals surface area contributed by atoms with E-state index in [4.69, 9.17) is 18.9 Å². The van der Waals surface area contributed by atoms with Gasteiger partial charge in [0.2, 0.25) is 0 Å². The van der Waals surface area contributed by atoms with Crippen LogP contribution in [-0.4, -0.2) is 87.4 Å². The van der Waals surface area contributed by atoms with Crippen LogP contribution in [0.5, 0.6) is 0 Å². The molecule has 528 valence electrons. The maximum absolute atomic E-state index is 12.9. The lowest BCUT2D eigenvalue weighted by molar-refractivity contribution is -0.870. The average molecular weight is 1290 g/mol. The Hall–Kier alpha value is -5.09. The molecule has 0 fully saturated rings. The third kappa shape index (κ3) is 74.2. The number of aliphatic carboxylic acids is 1. The van der Waals surface area contributed by atoms with Crippen LogP contribution in [0.3, 0.4) is 0 Å². The zero-order chi connectivity index (χ0) is 67.5. The Morgan fingerprint density at radius 2 is 0.581 bits per heavy atom. The molecule has 0 aliphatic heterocycles. The molecule has 0 aromatic heterocycles. The summed E-state index contributed by atoms with van der Waals surface area (Å²) in [6, 6.07) is 0. The normalized spacial score (nSPS) is 13.6. The number of carboxylic acids is 1. The summed E-state index contributed by atoms with van der Waals surface area (Å²) in [6.45, 7) is 4.60. The molecular formula is C84H140NO8+. The van der Waals surface area contributed by atoms with E-state index in [1.54, 1.807) is 0 Å². The van der Waals surface area contributed by atoms with Crippen LogP contribution in [0.4, 0.5) is 0 Å². The highest BCUT2D eigenvalue weighted by molar-refractivity contribution is 5.71. The number of hydrogen-bond donors (Lipinski definition) is 1. The van der Waals surface area contributed by atoms with Crippen molar-refractivity contribution in [3.63, 3.8) is 0 Å². The van der Waals surface area contributed by atoms with Crippen LogP contribution < -0.4 is 0 Å². The maximum Gasteiger partial charge on any atom is 0.361 e. The maximum atomic E-state index is 12.9. The van der Waals surface area contributed by atoms with Crippen LogP contribution >= 0.6 is 0 Å². The highest BCUT2D eigenvalue weighted by Crippen LogP contribution is 2.18. The standard InChI is InChI=1S/C84H139NO8/c1-6-8-10-12-14-16-18-20-22-24-26-28-30-32-34-35-36-37-38-39-40-41-42-43-44-45-46-47-49-50-52-54-56-58-60-62-64-66-68-70-72-74-81(86)91-78-80(79-92-84(83(88)89)90-77-76-85(3,4)5)93-82(87)75-73-71-69-67-65-63-61-59-57-55-53-51-48-33-31-29-27-25-23-21-19-17-15-13-11-9-7-2/h8-11,14-17,20-23,26-29,32-34,48,53,55,59,61,65,67,80,84H,6-7,12-13,18-19,24-25,30-31,35-47,49-52,54,56-58,60,62-64,66,68-79H2,1-5H3/p+1/b10-8-,11-9-,16-14-,17-15-,22-20-,23-21-,28-26-,29-27-,34-32-,48-33-,55-53-,61-59-,67-65-. The van der Waals surface area contributed by atoms with Crippen LogP contribution in [-0.2, 0) is 33.3 Å². The Morgan fingerprint density at radius 3 is 0.882 bits per heavy atom. The summed E-state index contributed by atoms with van der Waals surface area (Å²) >= 11 is 0. The molecule has 9 heteroatoms. The van der Waals surface area contributed by atoms with Crippen molar-refractivity contribution in [2.75, 3.05) is 47.5 Å². The Morgan fingerprint density at radius 1 is 0.323 bits per heavy atom. The minimum atomic E-state index is -1.53. The van der Waals surface area contributed by atoms with Gasteiger partial charge in [-0.15, -0.1) is 0 Å². The van der Waals surface area contributed by atoms with Gasteiger partial charge in [-0.3, -0.25) is 9.59 Å². The van der Waals surface area contributed by atoms with Crippen molar-refractivity contribution in [3.8, 4) is 0 Å². The number of ether oxygens (including phenoxy) is 4. The van der Waals surface area contributed by atoms with Crippen molar-refractivity contribution in [3.05, 3.63) is 158 Å². The molecule has 0 aromatic rings. The fourth-order valence-corrected chi connectivity index (χ4v) is 10.1. The Kier molecular flexibility index (Phi) is 68.8. The summed E-state index contributed by atoms with van der Waals surface area (Å²) < 4.78 is 22.9. The summed E-state index contributed by atoms with van der Waals surface area (Å²) in [7, 11) is 5.96. The Balaban J connectivity index is 4.08. The number of carboxylic acid groups (broad SMARTS) is 1. The number of quaternary nitrogens is 1. The van der Waals surface area contributed by atoms with E-state index in [1.807, 2.05) is 21.1 Å². The Bertz CT molecular complexity index is 2090. The molecule has 93 heavy (non-hydrogen) atoms. The molecule has 2 atom stereocenters. The molecule has 0 saturated heterocycles. The second kappa shape index (κ2) is 72.7. The van der Waals surface area contributed by atoms with E-state index in [-0.39, 0.29) is 38.6 Å². The largest absolute Gasteiger partial charge is 0.477 e. The zero-order valence-electron chi connectivity index (χ0n) is 60.4. The van der Waals surface area contributed by atoms with Gasteiger partial charge in [0.05, 0.1) is 34.4 Å². The minimum absolute atomic E-state index is 0.173. The van der Waals surface area contributed by atoms with Crippen molar-refractivity contribution >= 4 is 17.9 Å². The van der Waals surface area contributed by atoms with Gasteiger partial charge >= 0.3 is 17.9 Å². The lowest BCUT2D eigenvalue weighted by Gasteiger charge is -2.25. The fourth-order valence-electron chi connectivity index (χ4n) is 10.1. The number of carbonyl (C=O) groups is 3. The number of carbonyl (C=O) groups excluding carboxylic acids is 2. The molecule has 0 aliphatic carbocycles. The van der Waals surface area contributed by atoms with Crippen molar-refractivity contribution in [2.24, 2.45) is 0 Å². The van der Waals surface area contributed by atoms with Gasteiger partial charge in [0.25, 0.3) is 6.29 Å². The lowest BCUT2D eigenvalue weighted by Crippen LogP contribution is -2.40. The SMILES string of the molecule is CC/C=C\C/C=C\C/C=C\C/C=C\C/C=C\C/C=C\C/C=C\C/C=C\CCCCC(=O)OC(COC(=O)CCCCCCCCCCCCCCCCCCCCCCCCCCC/C=C\C/C=C\C/C=C\C/C=C\C/C=C\CC)COC(OCC[N+](C)(C)C)C(=O)O. The predicted octanol–water partition coefficient (Wildman–Crippen LogP) is 24.0. The van der Waals surface area contributed by atoms with Gasteiger partial charge in [0, 0.05) is 12.8 Å². The molecule has 0 saturated carbocycles. The minimum Gasteiger partial charge on any atom is -0.477 e. The molecule has 0 aromatic carbocycles. The van der Waals surface area contributed by atoms with E-state index >= 15 is 0 Å². The first kappa shape index (κ1) is 87.9. The van der Waals surface area contributed by atoms with Crippen LogP contribution in [0, 0.1) is 0 Å². The molecule has 1 N–H and O–H groups in total. The van der Waals surface area contributed by atoms with E-state index < -0.39 is 24.3 Å². The highest BCUT2D eigenvalue weighted by Gasteiger charge is 2.25. The van der Waals surface area contributed by atoms with E-state index in [0.717, 1.165) is 116 Å². The number of allylic oxidation sites excluding steroid dienone is 26. The molecule has 0 bridgehead atoms. The molecule has 0 aliphatic rings. The van der Waals surface area contributed by atoms with E-state index in [9.17, 15) is 19.5 Å². The van der Waals surface area contributed by atoms with E-state index in [0.29, 0.717) is 17.4 Å². The third-order valence-corrected chi connectivity index (χ3v) is 15.8. The fraction of sp³-hybridized carbons (Fsp3) is 0.655. The van der Waals surface area contributed by atoms with Crippen LogP contribution in [0.1, 0.15) is 296 Å². The van der Waals surface area contributed by atoms with Crippen LogP contribution in [0.15, 0.2) is 158 Å². The Labute approximate surface area is 572 Å². The van der Waals surface area contributed by atoms with Gasteiger partial charge < -0.3 is 28.5 Å². The first-order valence-corrected chi connectivity index (χ1v) is 37.6. The average Bonchev–Trinajstić information content (AvgIpc) is 3.38. The summed E-state index contributed by atoms with van der Waals surface area (Å²) in [5.41, 5.74) is 0. The second-order valence-electron chi connectivity index (χ2n) is 25.8. The smallest absolute Gasteiger partial charge is 0.361 e. The van der Waals surface area contributed by atoms with Gasteiger partial charge in [-0.2, -0.15) is 0 Å². The zero-order valence-corrected chi connectivity index (χ0v) is 60.4. The van der Waals surface area contributed by atoms with Crippen molar-refractivity contribution in [1.82, 2.24) is 0 Å². The molecule has 9 nitrogen and oxygen atoms in total. The van der Waals surface area contributed by atoms with Gasteiger partial charge in [-0.1, -0.05) is 320 Å². The lowest BCUT2D eigenvalue weighted by atomic mass is 10.0. The molecule has 0 rings (SSSR count). The molecule has 0 heterocycles. The number of likely N-dealkylation sites (N-methyl/N-ethyl adjacent to an activating group) is 1. The highest BCUT2D eigenvalue weighted by atomic mass is 16.7. The molecule has 0 radical (unpaired) electrons. The summed E-state index contributed by atoms with van der Waals surface area (Å²) in [4.78, 5) is 37.6. The quantitative estimate of drug-likeness (QED) is 0.0211. The summed E-state index contributed by atoms with van der Waals surface area (Å²) in [6.07, 6.45) is 105. The van der Waals surface area contributed by atoms with Crippen molar-refractivity contribution in [2.45, 2.75) is 309 Å². The second-order valence-corrected chi connectivity index (χ2v) is 25.8. The van der Waals surface area contributed by atoms with Crippen molar-refractivity contribution < 1.29 is 42.9 Å². The number of nitrogens with zero attached hydrogens (tertiary/aromatic N) is 1. The summed E-state index contributed by atoms with van der Waals surface area (Å²) in [5, 5.41) is 9.75. The summed E-state index contributed by atoms with van der Waals surface area (Å²) in [5.74, 6) is -2.07. The van der Waals surface area contributed by atoms with Crippen LogP contribution in [0.2, 0.25) is 0 Å². The van der Waals surface area contributed by atoms with E-state index in [2.05, 4.69) is 172 Å². The predicted molar refractivity (Wildman–Crippen MR) is 400 cm³/mol. The first-order valence-electron chi connectivity index (χ1n) is 37.6. The molecule has 0 spiro atoms. The number of esters is 2.